The molecule has 0 aliphatic heterocycles. The Balaban J connectivity index is 2.97. The summed E-state index contributed by atoms with van der Waals surface area (Å²) in [4.78, 5) is 12.8. The molecule has 0 aromatic carbocycles. The van der Waals surface area contributed by atoms with Gasteiger partial charge in [0.15, 0.2) is 4.60 Å². The van der Waals surface area contributed by atoms with Crippen LogP contribution in [0, 0.1) is 0 Å². The van der Waals surface area contributed by atoms with Gasteiger partial charge in [0.25, 0.3) is 5.88 Å². The molecule has 46 valence electrons. The van der Waals surface area contributed by atoms with E-state index >= 15 is 0 Å². The molecule has 0 radical (unpaired) electrons. The molecule has 0 aliphatic carbocycles. The molecule has 0 bridgehead atoms. The molecule has 1 rings (SSSR count). The zero-order chi connectivity index (χ0) is 6.69. The van der Waals surface area contributed by atoms with Gasteiger partial charge in [0, 0.05) is 6.07 Å². The molecule has 0 saturated carbocycles. The topological polar surface area (TPSA) is 55.5 Å². The maximum absolute atomic E-state index is 9.59. The molecular weight excluding hydrogens is 188 g/mol. The van der Waals surface area contributed by atoms with Crippen molar-refractivity contribution in [3.8, 4) is 0 Å². The van der Waals surface area contributed by atoms with E-state index in [0.717, 1.165) is 0 Å². The lowest BCUT2D eigenvalue weighted by molar-refractivity contribution is 0.425. The van der Waals surface area contributed by atoms with Crippen LogP contribution in [0.4, 0.5) is 5.88 Å². The van der Waals surface area contributed by atoms with Gasteiger partial charge >= 0.3 is 0 Å². The maximum atomic E-state index is 9.59. The maximum Gasteiger partial charge on any atom is 0.262 e. The normalized spacial score (nSPS) is 8.56. The van der Waals surface area contributed by atoms with Gasteiger partial charge in [0.1, 0.15) is 0 Å². The van der Waals surface area contributed by atoms with Gasteiger partial charge in [-0.1, -0.05) is 5.16 Å². The van der Waals surface area contributed by atoms with E-state index in [1.165, 1.54) is 12.1 Å². The van der Waals surface area contributed by atoms with Crippen molar-refractivity contribution in [2.45, 2.75) is 0 Å². The Kier molecular flexibility index (Phi) is 1.77. The highest BCUT2D eigenvalue weighted by Gasteiger charge is 1.95. The number of hydrogen-bond donors (Lipinski definition) is 0. The Morgan fingerprint density at radius 2 is 2.67 bits per heavy atom. The minimum absolute atomic E-state index is 0.150. The van der Waals surface area contributed by atoms with Crippen LogP contribution in [-0.2, 0) is 4.79 Å². The van der Waals surface area contributed by atoms with Crippen LogP contribution in [0.5, 0.6) is 0 Å². The zero-order valence-corrected chi connectivity index (χ0v) is 5.75. The first-order valence-corrected chi connectivity index (χ1v) is 2.82. The predicted octanol–water partition coefficient (Wildman–Crippen LogP) is 1.40. The van der Waals surface area contributed by atoms with Crippen molar-refractivity contribution in [3.05, 3.63) is 10.7 Å². The van der Waals surface area contributed by atoms with Crippen LogP contribution in [-0.4, -0.2) is 11.2 Å². The van der Waals surface area contributed by atoms with Crippen molar-refractivity contribution in [2.24, 2.45) is 4.99 Å². The van der Waals surface area contributed by atoms with E-state index in [2.05, 4.69) is 30.6 Å². The smallest absolute Gasteiger partial charge is 0.262 e. The number of aliphatic imine (C=N–C) groups is 1. The highest BCUT2D eigenvalue weighted by Crippen LogP contribution is 2.16. The number of rotatable bonds is 1. The van der Waals surface area contributed by atoms with Crippen molar-refractivity contribution in [2.75, 3.05) is 0 Å². The van der Waals surface area contributed by atoms with Crippen LogP contribution < -0.4 is 0 Å². The molecule has 1 aromatic rings. The Labute approximate surface area is 58.7 Å². The third kappa shape index (κ3) is 1.48. The lowest BCUT2D eigenvalue weighted by atomic mass is 10.7. The summed E-state index contributed by atoms with van der Waals surface area (Å²) < 4.78 is 4.99. The molecule has 0 saturated heterocycles. The van der Waals surface area contributed by atoms with Crippen LogP contribution in [0.1, 0.15) is 0 Å². The second kappa shape index (κ2) is 2.57. The molecule has 9 heavy (non-hydrogen) atoms. The second-order valence-electron chi connectivity index (χ2n) is 1.19. The van der Waals surface area contributed by atoms with Crippen LogP contribution in [0.3, 0.4) is 0 Å². The van der Waals surface area contributed by atoms with E-state index < -0.39 is 0 Å². The summed E-state index contributed by atoms with van der Waals surface area (Å²) in [5, 5.41) is 3.40. The SMILES string of the molecule is O=C=Nc1cc(Br)no1. The van der Waals surface area contributed by atoms with Gasteiger partial charge < -0.3 is 4.52 Å². The molecule has 0 amide bonds. The molecule has 0 aliphatic rings. The number of isocyanates is 1. The highest BCUT2D eigenvalue weighted by atomic mass is 79.9. The number of halogens is 1. The third-order valence-corrected chi connectivity index (χ3v) is 0.998. The second-order valence-corrected chi connectivity index (χ2v) is 2.00. The number of aromatic nitrogens is 1. The van der Waals surface area contributed by atoms with E-state index in [-0.39, 0.29) is 5.88 Å². The van der Waals surface area contributed by atoms with E-state index in [1.807, 2.05) is 0 Å². The Hall–Kier alpha value is -0.930. The minimum atomic E-state index is 0.150. The molecule has 1 heterocycles. The highest BCUT2D eigenvalue weighted by molar-refractivity contribution is 9.10. The van der Waals surface area contributed by atoms with Crippen molar-refractivity contribution < 1.29 is 9.32 Å². The van der Waals surface area contributed by atoms with Gasteiger partial charge in [-0.3, -0.25) is 0 Å². The molecule has 4 nitrogen and oxygen atoms in total. The molecule has 0 atom stereocenters. The minimum Gasteiger partial charge on any atom is -0.335 e. The Bertz CT molecular complexity index is 251. The molecule has 0 N–H and O–H groups in total. The molecule has 0 fully saturated rings. The van der Waals surface area contributed by atoms with E-state index in [0.29, 0.717) is 4.60 Å². The average Bonchev–Trinajstić information content (AvgIpc) is 2.17. The zero-order valence-electron chi connectivity index (χ0n) is 4.17. The van der Waals surface area contributed by atoms with Gasteiger partial charge in [-0.05, 0) is 15.9 Å². The first-order valence-electron chi connectivity index (χ1n) is 2.03. The fourth-order valence-corrected chi connectivity index (χ4v) is 0.611. The number of nitrogens with zero attached hydrogens (tertiary/aromatic N) is 2. The summed E-state index contributed by atoms with van der Waals surface area (Å²) in [7, 11) is 0. The lowest BCUT2D eigenvalue weighted by Crippen LogP contribution is -1.50. The summed E-state index contributed by atoms with van der Waals surface area (Å²) in [6.45, 7) is 0. The standard InChI is InChI=1S/C4HBrN2O2/c5-3-1-4(6-2-8)9-7-3/h1H. The summed E-state index contributed by atoms with van der Waals surface area (Å²) in [5.74, 6) is 0.150. The van der Waals surface area contributed by atoms with Crippen molar-refractivity contribution in [1.29, 1.82) is 0 Å². The molecule has 1 aromatic heterocycles. The molecule has 0 unspecified atom stereocenters. The molecule has 0 spiro atoms. The van der Waals surface area contributed by atoms with Crippen LogP contribution >= 0.6 is 15.9 Å². The van der Waals surface area contributed by atoms with Crippen LogP contribution in [0.25, 0.3) is 0 Å². The number of carbonyl (C=O) groups excluding carboxylic acids is 1. The fourth-order valence-electron chi connectivity index (χ4n) is 0.343. The first-order chi connectivity index (χ1) is 4.33. The molecule has 5 heteroatoms. The Morgan fingerprint density at radius 1 is 1.89 bits per heavy atom. The largest absolute Gasteiger partial charge is 0.335 e. The predicted molar refractivity (Wildman–Crippen MR) is 32.0 cm³/mol. The van der Waals surface area contributed by atoms with Gasteiger partial charge in [0.05, 0.1) is 0 Å². The van der Waals surface area contributed by atoms with Gasteiger partial charge in [-0.15, -0.1) is 4.99 Å². The summed E-state index contributed by atoms with van der Waals surface area (Å²) >= 11 is 3.01. The van der Waals surface area contributed by atoms with Gasteiger partial charge in [0.2, 0.25) is 6.08 Å². The molecular formula is C4HBrN2O2. The third-order valence-electron chi connectivity index (χ3n) is 0.625. The average molecular weight is 189 g/mol. The van der Waals surface area contributed by atoms with E-state index in [9.17, 15) is 4.79 Å². The number of hydrogen-bond acceptors (Lipinski definition) is 4. The van der Waals surface area contributed by atoms with Gasteiger partial charge in [-0.25, -0.2) is 4.79 Å². The van der Waals surface area contributed by atoms with Crippen molar-refractivity contribution >= 4 is 27.9 Å². The van der Waals surface area contributed by atoms with Crippen LogP contribution in [0.2, 0.25) is 0 Å². The van der Waals surface area contributed by atoms with Gasteiger partial charge in [-0.2, -0.15) is 0 Å². The summed E-state index contributed by atoms with van der Waals surface area (Å²) in [6, 6.07) is 1.46. The fraction of sp³-hybridized carbons (Fsp3) is 0. The van der Waals surface area contributed by atoms with Crippen molar-refractivity contribution in [3.63, 3.8) is 0 Å². The Morgan fingerprint density at radius 3 is 3.11 bits per heavy atom. The van der Waals surface area contributed by atoms with E-state index in [1.54, 1.807) is 0 Å². The van der Waals surface area contributed by atoms with E-state index in [4.69, 9.17) is 0 Å². The monoisotopic (exact) mass is 188 g/mol. The lowest BCUT2D eigenvalue weighted by Gasteiger charge is -1.67. The van der Waals surface area contributed by atoms with Crippen LogP contribution in [0.15, 0.2) is 20.2 Å². The summed E-state index contributed by atoms with van der Waals surface area (Å²) in [5.41, 5.74) is 0. The van der Waals surface area contributed by atoms with Crippen molar-refractivity contribution in [1.82, 2.24) is 5.16 Å². The quantitative estimate of drug-likeness (QED) is 0.495. The first kappa shape index (κ1) is 6.19. The summed E-state index contributed by atoms with van der Waals surface area (Å²) in [6.07, 6.45) is 1.32.